The molecular weight excluding hydrogens is 318 g/mol. The molecule has 0 radical (unpaired) electrons. The predicted octanol–water partition coefficient (Wildman–Crippen LogP) is 1.41. The lowest BCUT2D eigenvalue weighted by atomic mass is 9.99. The molecule has 4 heterocycles. The fraction of sp³-hybridized carbons (Fsp3) is 0.611. The van der Waals surface area contributed by atoms with E-state index in [9.17, 15) is 4.79 Å². The monoisotopic (exact) mass is 343 g/mol. The molecule has 0 spiro atoms. The van der Waals surface area contributed by atoms with E-state index >= 15 is 0 Å². The maximum atomic E-state index is 12.8. The lowest BCUT2D eigenvalue weighted by Crippen LogP contribution is -2.49. The molecule has 0 aromatic carbocycles. The standard InChI is InChI=1S/C18H25N5O2/c1-13-16(23-8-2-7-19-18(23)20-13)17(24)21-14-3-9-22(10-4-14)15-5-11-25-12-6-15/h2,7-8,14-15H,3-6,9-12H2,1H3,(H,21,24). The van der Waals surface area contributed by atoms with Crippen molar-refractivity contribution in [3.05, 3.63) is 29.8 Å². The SMILES string of the molecule is Cc1nc2ncccn2c1C(=O)NC1CCN(C2CCOCC2)CC1. The molecule has 0 bridgehead atoms. The van der Waals surface area contributed by atoms with E-state index in [1.807, 2.05) is 19.2 Å². The van der Waals surface area contributed by atoms with Gasteiger partial charge in [-0.15, -0.1) is 0 Å². The minimum absolute atomic E-state index is 0.0532. The van der Waals surface area contributed by atoms with Crippen molar-refractivity contribution < 1.29 is 9.53 Å². The predicted molar refractivity (Wildman–Crippen MR) is 93.6 cm³/mol. The number of fused-ring (bicyclic) bond motifs is 1. The summed E-state index contributed by atoms with van der Waals surface area (Å²) in [5.41, 5.74) is 1.31. The first-order valence-electron chi connectivity index (χ1n) is 9.14. The van der Waals surface area contributed by atoms with Crippen molar-refractivity contribution in [2.75, 3.05) is 26.3 Å². The van der Waals surface area contributed by atoms with E-state index in [0.717, 1.165) is 57.7 Å². The molecule has 0 aliphatic carbocycles. The Hall–Kier alpha value is -1.99. The Balaban J connectivity index is 1.38. The number of imidazole rings is 1. The smallest absolute Gasteiger partial charge is 0.270 e. The Morgan fingerprint density at radius 3 is 2.76 bits per heavy atom. The van der Waals surface area contributed by atoms with Crippen LogP contribution in [0.1, 0.15) is 41.9 Å². The van der Waals surface area contributed by atoms with E-state index < -0.39 is 0 Å². The van der Waals surface area contributed by atoms with Crippen molar-refractivity contribution in [3.8, 4) is 0 Å². The quantitative estimate of drug-likeness (QED) is 0.912. The van der Waals surface area contributed by atoms with Gasteiger partial charge in [-0.25, -0.2) is 9.97 Å². The number of rotatable bonds is 3. The highest BCUT2D eigenvalue weighted by molar-refractivity contribution is 5.94. The third kappa shape index (κ3) is 3.39. The maximum Gasteiger partial charge on any atom is 0.270 e. The number of carbonyl (C=O) groups excluding carboxylic acids is 1. The van der Waals surface area contributed by atoms with Crippen LogP contribution in [0.4, 0.5) is 0 Å². The lowest BCUT2D eigenvalue weighted by molar-refractivity contribution is 0.0238. The van der Waals surface area contributed by atoms with Crippen molar-refractivity contribution in [1.29, 1.82) is 0 Å². The molecule has 0 unspecified atom stereocenters. The lowest BCUT2D eigenvalue weighted by Gasteiger charge is -2.39. The summed E-state index contributed by atoms with van der Waals surface area (Å²) in [6.07, 6.45) is 7.78. The van der Waals surface area contributed by atoms with Crippen LogP contribution in [0.25, 0.3) is 5.78 Å². The van der Waals surface area contributed by atoms with E-state index in [4.69, 9.17) is 4.74 Å². The zero-order valence-corrected chi connectivity index (χ0v) is 14.6. The molecule has 0 saturated carbocycles. The third-order valence-corrected chi connectivity index (χ3v) is 5.37. The molecule has 1 amide bonds. The van der Waals surface area contributed by atoms with Crippen LogP contribution in [0.5, 0.6) is 0 Å². The first-order chi connectivity index (χ1) is 12.2. The molecule has 2 aliphatic heterocycles. The summed E-state index contributed by atoms with van der Waals surface area (Å²) in [4.78, 5) is 23.9. The molecule has 7 heteroatoms. The Labute approximate surface area is 147 Å². The fourth-order valence-corrected chi connectivity index (χ4v) is 3.98. The Morgan fingerprint density at radius 2 is 2.00 bits per heavy atom. The summed E-state index contributed by atoms with van der Waals surface area (Å²) in [7, 11) is 0. The molecule has 2 aromatic rings. The van der Waals surface area contributed by atoms with Gasteiger partial charge in [-0.2, -0.15) is 0 Å². The van der Waals surface area contributed by atoms with Gasteiger partial charge in [-0.3, -0.25) is 9.20 Å². The second kappa shape index (κ2) is 7.09. The number of aryl methyl sites for hydroxylation is 1. The van der Waals surface area contributed by atoms with Crippen LogP contribution in [0.2, 0.25) is 0 Å². The number of aromatic nitrogens is 3. The molecule has 4 rings (SSSR count). The zero-order chi connectivity index (χ0) is 17.2. The number of nitrogens with zero attached hydrogens (tertiary/aromatic N) is 4. The van der Waals surface area contributed by atoms with Crippen molar-refractivity contribution >= 4 is 11.7 Å². The number of hydrogen-bond donors (Lipinski definition) is 1. The van der Waals surface area contributed by atoms with E-state index in [0.29, 0.717) is 17.5 Å². The van der Waals surface area contributed by atoms with Gasteiger partial charge in [0.1, 0.15) is 5.69 Å². The first-order valence-corrected chi connectivity index (χ1v) is 9.14. The van der Waals surface area contributed by atoms with Gasteiger partial charge in [0, 0.05) is 50.8 Å². The molecule has 1 N–H and O–H groups in total. The highest BCUT2D eigenvalue weighted by Gasteiger charge is 2.28. The largest absolute Gasteiger partial charge is 0.381 e. The number of ether oxygens (including phenoxy) is 1. The van der Waals surface area contributed by atoms with Gasteiger partial charge in [0.15, 0.2) is 0 Å². The Kier molecular flexibility index (Phi) is 4.67. The third-order valence-electron chi connectivity index (χ3n) is 5.37. The Morgan fingerprint density at radius 1 is 1.24 bits per heavy atom. The summed E-state index contributed by atoms with van der Waals surface area (Å²) in [5.74, 6) is 0.516. The molecule has 0 atom stereocenters. The number of hydrogen-bond acceptors (Lipinski definition) is 5. The normalized spacial score (nSPS) is 20.8. The van der Waals surface area contributed by atoms with Crippen LogP contribution in [0, 0.1) is 6.92 Å². The highest BCUT2D eigenvalue weighted by Crippen LogP contribution is 2.20. The van der Waals surface area contributed by atoms with Gasteiger partial charge in [0.05, 0.1) is 5.69 Å². The molecule has 7 nitrogen and oxygen atoms in total. The summed E-state index contributed by atoms with van der Waals surface area (Å²) >= 11 is 0. The van der Waals surface area contributed by atoms with Crippen LogP contribution < -0.4 is 5.32 Å². The number of likely N-dealkylation sites (tertiary alicyclic amines) is 1. The van der Waals surface area contributed by atoms with Gasteiger partial charge in [-0.1, -0.05) is 0 Å². The van der Waals surface area contributed by atoms with Crippen LogP contribution in [-0.2, 0) is 4.74 Å². The second-order valence-electron chi connectivity index (χ2n) is 6.96. The molecule has 134 valence electrons. The summed E-state index contributed by atoms with van der Waals surface area (Å²) < 4.78 is 7.22. The minimum Gasteiger partial charge on any atom is -0.381 e. The highest BCUT2D eigenvalue weighted by atomic mass is 16.5. The zero-order valence-electron chi connectivity index (χ0n) is 14.6. The summed E-state index contributed by atoms with van der Waals surface area (Å²) in [5, 5.41) is 3.20. The van der Waals surface area contributed by atoms with E-state index in [2.05, 4.69) is 20.2 Å². The van der Waals surface area contributed by atoms with Crippen LogP contribution >= 0.6 is 0 Å². The molecule has 2 saturated heterocycles. The van der Waals surface area contributed by atoms with Crippen LogP contribution in [-0.4, -0.2) is 63.6 Å². The summed E-state index contributed by atoms with van der Waals surface area (Å²) in [6, 6.07) is 2.69. The molecule has 25 heavy (non-hydrogen) atoms. The number of piperidine rings is 1. The van der Waals surface area contributed by atoms with E-state index in [1.165, 1.54) is 0 Å². The Bertz CT molecular complexity index is 745. The van der Waals surface area contributed by atoms with E-state index in [-0.39, 0.29) is 11.9 Å². The summed E-state index contributed by atoms with van der Waals surface area (Å²) in [6.45, 7) is 5.70. The maximum absolute atomic E-state index is 12.8. The minimum atomic E-state index is -0.0532. The van der Waals surface area contributed by atoms with Gasteiger partial charge >= 0.3 is 0 Å². The fourth-order valence-electron chi connectivity index (χ4n) is 3.98. The van der Waals surface area contributed by atoms with Crippen molar-refractivity contribution in [2.24, 2.45) is 0 Å². The average molecular weight is 343 g/mol. The van der Waals surface area contributed by atoms with Gasteiger partial charge in [0.25, 0.3) is 5.91 Å². The number of nitrogens with one attached hydrogen (secondary N) is 1. The van der Waals surface area contributed by atoms with Crippen LogP contribution in [0.15, 0.2) is 18.5 Å². The molecule has 2 aromatic heterocycles. The van der Waals surface area contributed by atoms with Gasteiger partial charge < -0.3 is 15.0 Å². The average Bonchev–Trinajstić information content (AvgIpc) is 2.99. The van der Waals surface area contributed by atoms with Gasteiger partial charge in [0.2, 0.25) is 5.78 Å². The molecular formula is C18H25N5O2. The van der Waals surface area contributed by atoms with Crippen LogP contribution in [0.3, 0.4) is 0 Å². The first kappa shape index (κ1) is 16.5. The van der Waals surface area contributed by atoms with Crippen molar-refractivity contribution in [2.45, 2.75) is 44.7 Å². The number of carbonyl (C=O) groups is 1. The topological polar surface area (TPSA) is 71.8 Å². The second-order valence-corrected chi connectivity index (χ2v) is 6.96. The van der Waals surface area contributed by atoms with Crippen molar-refractivity contribution in [3.63, 3.8) is 0 Å². The van der Waals surface area contributed by atoms with Gasteiger partial charge in [-0.05, 0) is 38.7 Å². The van der Waals surface area contributed by atoms with E-state index in [1.54, 1.807) is 10.6 Å². The molecule has 2 fully saturated rings. The van der Waals surface area contributed by atoms with Crippen molar-refractivity contribution in [1.82, 2.24) is 24.6 Å². The number of amides is 1. The molecule has 2 aliphatic rings.